The van der Waals surface area contributed by atoms with E-state index in [1.807, 2.05) is 0 Å². The van der Waals surface area contributed by atoms with Crippen LogP contribution in [0.5, 0.6) is 0 Å². The molecule has 9 rings (SSSR count). The number of nitrogens with zero attached hydrogens (tertiary/aromatic N) is 6. The van der Waals surface area contributed by atoms with Crippen LogP contribution in [0.2, 0.25) is 0 Å². The largest absolute Gasteiger partial charge is 0.208 e. The molecule has 0 unspecified atom stereocenters. The Hall–Kier alpha value is -6.92. The molecule has 66 heavy (non-hydrogen) atoms. The van der Waals surface area contributed by atoms with Crippen LogP contribution in [0, 0.1) is 0 Å². The molecule has 0 bridgehead atoms. The molecule has 6 nitrogen and oxygen atoms in total. The van der Waals surface area contributed by atoms with Gasteiger partial charge in [-0.05, 0) is 65.5 Å². The summed E-state index contributed by atoms with van der Waals surface area (Å²) < 4.78 is 0. The molecule has 0 radical (unpaired) electrons. The van der Waals surface area contributed by atoms with E-state index in [1.165, 1.54) is 22.3 Å². The predicted molar refractivity (Wildman–Crippen MR) is 276 cm³/mol. The van der Waals surface area contributed by atoms with E-state index in [0.717, 1.165) is 54.9 Å². The lowest BCUT2D eigenvalue weighted by Gasteiger charge is -2.20. The Kier molecular flexibility index (Phi) is 11.1. The summed E-state index contributed by atoms with van der Waals surface area (Å²) in [6.07, 6.45) is 0. The van der Waals surface area contributed by atoms with Gasteiger partial charge in [-0.15, -0.1) is 0 Å². The van der Waals surface area contributed by atoms with Gasteiger partial charge in [-0.2, -0.15) is 0 Å². The molecule has 0 fully saturated rings. The van der Waals surface area contributed by atoms with E-state index in [9.17, 15) is 0 Å². The van der Waals surface area contributed by atoms with Gasteiger partial charge in [0.15, 0.2) is 34.9 Å². The Labute approximate surface area is 390 Å². The molecule has 0 amide bonds. The number of aromatic nitrogens is 6. The van der Waals surface area contributed by atoms with Crippen molar-refractivity contribution in [1.82, 2.24) is 29.9 Å². The number of hydrogen-bond donors (Lipinski definition) is 0. The fraction of sp³-hybridized carbons (Fsp3) is 0.267. The number of fused-ring (bicyclic) bond motifs is 2. The van der Waals surface area contributed by atoms with Crippen molar-refractivity contribution in [2.45, 2.75) is 105 Å². The first-order valence-corrected chi connectivity index (χ1v) is 23.1. The normalized spacial score (nSPS) is 12.5. The van der Waals surface area contributed by atoms with Gasteiger partial charge < -0.3 is 0 Å². The molecule has 330 valence electrons. The van der Waals surface area contributed by atoms with Crippen molar-refractivity contribution in [2.75, 3.05) is 0 Å². The molecule has 0 atom stereocenters. The van der Waals surface area contributed by atoms with Crippen molar-refractivity contribution in [3.05, 3.63) is 168 Å². The first kappa shape index (κ1) is 44.3. The summed E-state index contributed by atoms with van der Waals surface area (Å²) in [5, 5.41) is 3.97. The molecule has 2 aromatic heterocycles. The van der Waals surface area contributed by atoms with Gasteiger partial charge in [-0.1, -0.05) is 229 Å². The number of rotatable bonds is 6. The van der Waals surface area contributed by atoms with Crippen LogP contribution >= 0.6 is 0 Å². The molecule has 0 saturated carbocycles. The lowest BCUT2D eigenvalue weighted by Crippen LogP contribution is -2.11. The van der Waals surface area contributed by atoms with Gasteiger partial charge in [0.05, 0.1) is 0 Å². The monoisotopic (exact) mass is 864 g/mol. The first-order chi connectivity index (χ1) is 31.2. The summed E-state index contributed by atoms with van der Waals surface area (Å²) in [6.45, 7) is 26.8. The van der Waals surface area contributed by atoms with E-state index >= 15 is 0 Å². The van der Waals surface area contributed by atoms with Crippen LogP contribution < -0.4 is 0 Å². The van der Waals surface area contributed by atoms with Crippen LogP contribution in [0.3, 0.4) is 0 Å². The van der Waals surface area contributed by atoms with Crippen LogP contribution in [-0.2, 0) is 21.7 Å². The maximum atomic E-state index is 5.34. The van der Waals surface area contributed by atoms with Crippen molar-refractivity contribution in [2.24, 2.45) is 0 Å². The second-order valence-corrected chi connectivity index (χ2v) is 21.8. The highest BCUT2D eigenvalue weighted by Crippen LogP contribution is 2.43. The molecular weight excluding hydrogens is 805 g/mol. The van der Waals surface area contributed by atoms with E-state index in [-0.39, 0.29) is 21.7 Å². The molecule has 0 aliphatic carbocycles. The van der Waals surface area contributed by atoms with E-state index in [4.69, 9.17) is 29.9 Å². The average molecular weight is 865 g/mol. The zero-order valence-corrected chi connectivity index (χ0v) is 40.5. The minimum absolute atomic E-state index is 0.0101. The molecule has 0 N–H and O–H groups in total. The third-order valence-electron chi connectivity index (χ3n) is 12.7. The van der Waals surface area contributed by atoms with Crippen LogP contribution in [-0.4, -0.2) is 29.9 Å². The predicted octanol–water partition coefficient (Wildman–Crippen LogP) is 15.6. The van der Waals surface area contributed by atoms with E-state index in [1.54, 1.807) is 0 Å². The molecule has 7 aromatic carbocycles. The second-order valence-electron chi connectivity index (χ2n) is 21.8. The van der Waals surface area contributed by atoms with Crippen LogP contribution in [0.15, 0.2) is 146 Å². The van der Waals surface area contributed by atoms with Gasteiger partial charge in [0.1, 0.15) is 0 Å². The topological polar surface area (TPSA) is 77.3 Å². The molecule has 2 heterocycles. The highest BCUT2D eigenvalue weighted by atomic mass is 15.0. The summed E-state index contributed by atoms with van der Waals surface area (Å²) in [7, 11) is 0. The van der Waals surface area contributed by atoms with Crippen LogP contribution in [0.1, 0.15) is 105 Å². The van der Waals surface area contributed by atoms with Crippen molar-refractivity contribution in [1.29, 1.82) is 0 Å². The number of hydrogen-bond acceptors (Lipinski definition) is 6. The summed E-state index contributed by atoms with van der Waals surface area (Å²) in [4.78, 5) is 31.7. The molecule has 6 heteroatoms. The molecule has 0 aliphatic rings. The number of benzene rings is 7. The van der Waals surface area contributed by atoms with Crippen LogP contribution in [0.4, 0.5) is 0 Å². The first-order valence-electron chi connectivity index (χ1n) is 23.1. The Bertz CT molecular complexity index is 2800. The van der Waals surface area contributed by atoms with Crippen molar-refractivity contribution in [3.63, 3.8) is 0 Å². The van der Waals surface area contributed by atoms with Crippen molar-refractivity contribution < 1.29 is 0 Å². The molecular formula is C60H60N6. The Morgan fingerprint density at radius 3 is 0.591 bits per heavy atom. The Balaban J connectivity index is 1.29. The summed E-state index contributed by atoms with van der Waals surface area (Å²) >= 11 is 0. The zero-order valence-electron chi connectivity index (χ0n) is 40.5. The quantitative estimate of drug-likeness (QED) is 0.155. The van der Waals surface area contributed by atoms with Gasteiger partial charge in [0.2, 0.25) is 0 Å². The SMILES string of the molecule is CC(C)(C)c1ccc(-c2nc(-c3ccc(C(C)(C)C)cc3)nc(-c3c4ccccc4c(-c4nc(-c5ccc(C(C)(C)C)cc5)nc(-c5ccc(C(C)(C)C)cc5)n4)c4ccccc34)n2)cc1. The maximum Gasteiger partial charge on any atom is 0.165 e. The van der Waals surface area contributed by atoms with Gasteiger partial charge in [-0.3, -0.25) is 0 Å². The van der Waals surface area contributed by atoms with Crippen molar-refractivity contribution >= 4 is 21.5 Å². The summed E-state index contributed by atoms with van der Waals surface area (Å²) in [5.41, 5.74) is 10.6. The maximum absolute atomic E-state index is 5.34. The Morgan fingerprint density at radius 2 is 0.409 bits per heavy atom. The smallest absolute Gasteiger partial charge is 0.165 e. The summed E-state index contributed by atoms with van der Waals surface area (Å²) in [6, 6.07) is 51.6. The Morgan fingerprint density at radius 1 is 0.227 bits per heavy atom. The lowest BCUT2D eigenvalue weighted by molar-refractivity contribution is 0.590. The molecule has 0 aliphatic heterocycles. The fourth-order valence-electron chi connectivity index (χ4n) is 8.58. The second kappa shape index (κ2) is 16.5. The van der Waals surface area contributed by atoms with E-state index in [0.29, 0.717) is 34.9 Å². The van der Waals surface area contributed by atoms with Gasteiger partial charge >= 0.3 is 0 Å². The van der Waals surface area contributed by atoms with Crippen LogP contribution in [0.25, 0.3) is 89.9 Å². The molecule has 0 spiro atoms. The van der Waals surface area contributed by atoms with Crippen molar-refractivity contribution in [3.8, 4) is 68.3 Å². The van der Waals surface area contributed by atoms with Gasteiger partial charge in [0.25, 0.3) is 0 Å². The molecule has 0 saturated heterocycles. The van der Waals surface area contributed by atoms with Gasteiger partial charge in [0, 0.05) is 33.4 Å². The van der Waals surface area contributed by atoms with E-state index < -0.39 is 0 Å². The third-order valence-corrected chi connectivity index (χ3v) is 12.7. The van der Waals surface area contributed by atoms with Gasteiger partial charge in [-0.25, -0.2) is 29.9 Å². The summed E-state index contributed by atoms with van der Waals surface area (Å²) in [5.74, 6) is 3.68. The highest BCUT2D eigenvalue weighted by molar-refractivity contribution is 6.20. The minimum atomic E-state index is 0.0101. The molecule has 9 aromatic rings. The standard InChI is InChI=1S/C60H60N6/c1-57(2,3)41-29-21-37(22-30-41)51-61-52(38-23-31-42(32-24-38)58(4,5)6)64-55(63-51)49-45-17-13-15-19-47(45)50(48-20-16-14-18-46(48)49)56-65-53(39-25-33-43(34-26-39)59(7,8)9)62-54(66-56)40-27-35-44(36-28-40)60(10,11)12/h13-36H,1-12H3. The fourth-order valence-corrected chi connectivity index (χ4v) is 8.58. The minimum Gasteiger partial charge on any atom is -0.208 e. The average Bonchev–Trinajstić information content (AvgIpc) is 3.29. The highest BCUT2D eigenvalue weighted by Gasteiger charge is 2.25. The lowest BCUT2D eigenvalue weighted by atomic mass is 9.86. The zero-order chi connectivity index (χ0) is 46.8. The third kappa shape index (κ3) is 8.77. The van der Waals surface area contributed by atoms with E-state index in [2.05, 4.69) is 229 Å².